The van der Waals surface area contributed by atoms with E-state index in [-0.39, 0.29) is 35.8 Å². The van der Waals surface area contributed by atoms with Crippen molar-refractivity contribution in [1.82, 2.24) is 10.3 Å². The first-order valence-electron chi connectivity index (χ1n) is 13.1. The predicted octanol–water partition coefficient (Wildman–Crippen LogP) is 2.94. The molecule has 0 aliphatic carbocycles. The SMILES string of the molecule is CCOCC(=O)Oc1c(OC)ccnc1C(=O)N[C@H]1CCC[C@H](CCOC)[C@@H](OCC(C)C)[C@H](C)OC1=O. The quantitative estimate of drug-likeness (QED) is 0.374. The van der Waals surface area contributed by atoms with Gasteiger partial charge in [0, 0.05) is 39.2 Å². The van der Waals surface area contributed by atoms with E-state index in [1.807, 2.05) is 6.92 Å². The first kappa shape index (κ1) is 31.5. The number of cyclic esters (lactones) is 1. The summed E-state index contributed by atoms with van der Waals surface area (Å²) in [6.45, 7) is 8.82. The summed E-state index contributed by atoms with van der Waals surface area (Å²) in [6, 6.07) is 0.546. The average molecular weight is 539 g/mol. The Balaban J connectivity index is 2.22. The minimum absolute atomic E-state index is 0.127. The molecule has 1 saturated heterocycles. The third kappa shape index (κ3) is 9.52. The van der Waals surface area contributed by atoms with Crippen LogP contribution in [0.4, 0.5) is 0 Å². The highest BCUT2D eigenvalue weighted by atomic mass is 16.6. The van der Waals surface area contributed by atoms with Crippen molar-refractivity contribution in [2.24, 2.45) is 11.8 Å². The molecule has 1 amide bonds. The molecule has 2 heterocycles. The van der Waals surface area contributed by atoms with Crippen LogP contribution in [0.1, 0.15) is 63.9 Å². The molecule has 0 radical (unpaired) electrons. The number of ether oxygens (including phenoxy) is 6. The van der Waals surface area contributed by atoms with Crippen molar-refractivity contribution in [2.75, 3.05) is 40.6 Å². The molecule has 11 nitrogen and oxygen atoms in total. The summed E-state index contributed by atoms with van der Waals surface area (Å²) >= 11 is 0. The normalized spacial score (nSPS) is 22.1. The molecular formula is C27H42N2O9. The highest BCUT2D eigenvalue weighted by Gasteiger charge is 2.35. The summed E-state index contributed by atoms with van der Waals surface area (Å²) < 4.78 is 33.0. The second-order valence-corrected chi connectivity index (χ2v) is 9.63. The van der Waals surface area contributed by atoms with Crippen LogP contribution in [0.5, 0.6) is 11.5 Å². The summed E-state index contributed by atoms with van der Waals surface area (Å²) in [5.74, 6) is -1.52. The highest BCUT2D eigenvalue weighted by Crippen LogP contribution is 2.31. The van der Waals surface area contributed by atoms with Crippen LogP contribution in [0, 0.1) is 11.8 Å². The van der Waals surface area contributed by atoms with Crippen molar-refractivity contribution in [3.63, 3.8) is 0 Å². The number of carbonyl (C=O) groups is 3. The fraction of sp³-hybridized carbons (Fsp3) is 0.704. The van der Waals surface area contributed by atoms with Gasteiger partial charge in [-0.3, -0.25) is 4.79 Å². The van der Waals surface area contributed by atoms with Gasteiger partial charge in [-0.05, 0) is 44.9 Å². The maximum Gasteiger partial charge on any atom is 0.337 e. The largest absolute Gasteiger partial charge is 0.493 e. The molecule has 0 unspecified atom stereocenters. The van der Waals surface area contributed by atoms with E-state index in [9.17, 15) is 14.4 Å². The smallest absolute Gasteiger partial charge is 0.337 e. The van der Waals surface area contributed by atoms with E-state index >= 15 is 0 Å². The van der Waals surface area contributed by atoms with Gasteiger partial charge in [0.25, 0.3) is 5.91 Å². The third-order valence-electron chi connectivity index (χ3n) is 6.14. The average Bonchev–Trinajstić information content (AvgIpc) is 2.93. The van der Waals surface area contributed by atoms with E-state index in [4.69, 9.17) is 28.4 Å². The molecule has 11 heteroatoms. The number of hydrogen-bond acceptors (Lipinski definition) is 10. The molecule has 1 aliphatic heterocycles. The molecule has 2 rings (SSSR count). The topological polar surface area (TPSA) is 132 Å². The minimum Gasteiger partial charge on any atom is -0.493 e. The van der Waals surface area contributed by atoms with E-state index in [1.165, 1.54) is 19.4 Å². The van der Waals surface area contributed by atoms with Gasteiger partial charge in [0.1, 0.15) is 18.8 Å². The van der Waals surface area contributed by atoms with Gasteiger partial charge in [0.05, 0.1) is 13.2 Å². The van der Waals surface area contributed by atoms with Crippen LogP contribution in [0.3, 0.4) is 0 Å². The number of hydrogen-bond donors (Lipinski definition) is 1. The first-order valence-corrected chi connectivity index (χ1v) is 13.1. The molecule has 1 aliphatic rings. The van der Waals surface area contributed by atoms with Gasteiger partial charge in [-0.25, -0.2) is 14.6 Å². The van der Waals surface area contributed by atoms with Gasteiger partial charge in [0.15, 0.2) is 11.4 Å². The zero-order chi connectivity index (χ0) is 28.1. The van der Waals surface area contributed by atoms with Gasteiger partial charge in [-0.15, -0.1) is 0 Å². The Morgan fingerprint density at radius 1 is 1.24 bits per heavy atom. The van der Waals surface area contributed by atoms with Crippen molar-refractivity contribution in [1.29, 1.82) is 0 Å². The van der Waals surface area contributed by atoms with E-state index in [0.29, 0.717) is 38.6 Å². The molecule has 38 heavy (non-hydrogen) atoms. The third-order valence-corrected chi connectivity index (χ3v) is 6.14. The van der Waals surface area contributed by atoms with Gasteiger partial charge in [-0.2, -0.15) is 0 Å². The lowest BCUT2D eigenvalue weighted by atomic mass is 9.89. The lowest BCUT2D eigenvalue weighted by Crippen LogP contribution is -2.45. The maximum absolute atomic E-state index is 13.3. The van der Waals surface area contributed by atoms with E-state index < -0.39 is 30.0 Å². The van der Waals surface area contributed by atoms with Gasteiger partial charge < -0.3 is 33.7 Å². The molecule has 1 fully saturated rings. The number of pyridine rings is 1. The maximum atomic E-state index is 13.3. The Labute approximate surface area is 224 Å². The second kappa shape index (κ2) is 16.3. The van der Waals surface area contributed by atoms with Crippen molar-refractivity contribution in [3.8, 4) is 11.5 Å². The molecule has 1 aromatic heterocycles. The van der Waals surface area contributed by atoms with Crippen LogP contribution < -0.4 is 14.8 Å². The molecule has 214 valence electrons. The molecule has 1 N–H and O–H groups in total. The summed E-state index contributed by atoms with van der Waals surface area (Å²) in [7, 11) is 3.04. The van der Waals surface area contributed by atoms with Crippen LogP contribution in [0.2, 0.25) is 0 Å². The predicted molar refractivity (Wildman–Crippen MR) is 138 cm³/mol. The van der Waals surface area contributed by atoms with E-state index in [0.717, 1.165) is 12.8 Å². The molecule has 1 aromatic rings. The number of nitrogens with one attached hydrogen (secondary N) is 1. The van der Waals surface area contributed by atoms with Crippen LogP contribution in [-0.2, 0) is 28.5 Å². The molecule has 0 spiro atoms. The Morgan fingerprint density at radius 3 is 2.66 bits per heavy atom. The lowest BCUT2D eigenvalue weighted by molar-refractivity contribution is -0.161. The zero-order valence-electron chi connectivity index (χ0n) is 23.3. The molecule has 0 aromatic carbocycles. The Hall–Kier alpha value is -2.76. The van der Waals surface area contributed by atoms with Gasteiger partial charge in [-0.1, -0.05) is 20.3 Å². The molecule has 0 bridgehead atoms. The fourth-order valence-corrected chi connectivity index (χ4v) is 4.27. The van der Waals surface area contributed by atoms with E-state index in [2.05, 4.69) is 24.1 Å². The first-order chi connectivity index (χ1) is 18.2. The van der Waals surface area contributed by atoms with Crippen LogP contribution >= 0.6 is 0 Å². The monoisotopic (exact) mass is 538 g/mol. The summed E-state index contributed by atoms with van der Waals surface area (Å²) in [5.41, 5.74) is -0.189. The lowest BCUT2D eigenvalue weighted by Gasteiger charge is -2.31. The number of methoxy groups -OCH3 is 2. The fourth-order valence-electron chi connectivity index (χ4n) is 4.27. The highest BCUT2D eigenvalue weighted by molar-refractivity contribution is 5.98. The number of nitrogens with zero attached hydrogens (tertiary/aromatic N) is 1. The molecule has 4 atom stereocenters. The minimum atomic E-state index is -0.920. The molecule has 0 saturated carbocycles. The Bertz CT molecular complexity index is 909. The summed E-state index contributed by atoms with van der Waals surface area (Å²) in [5, 5.41) is 2.71. The van der Waals surface area contributed by atoms with Crippen LogP contribution in [0.15, 0.2) is 12.3 Å². The van der Waals surface area contributed by atoms with Crippen molar-refractivity contribution in [2.45, 2.75) is 71.6 Å². The van der Waals surface area contributed by atoms with Gasteiger partial charge in [0.2, 0.25) is 5.75 Å². The van der Waals surface area contributed by atoms with Crippen LogP contribution in [0.25, 0.3) is 0 Å². The zero-order valence-corrected chi connectivity index (χ0v) is 23.3. The number of carbonyl (C=O) groups excluding carboxylic acids is 3. The summed E-state index contributed by atoms with van der Waals surface area (Å²) in [6.07, 6.45) is 3.10. The van der Waals surface area contributed by atoms with E-state index in [1.54, 1.807) is 14.0 Å². The molecular weight excluding hydrogens is 496 g/mol. The van der Waals surface area contributed by atoms with Crippen LogP contribution in [-0.4, -0.2) is 81.7 Å². The summed E-state index contributed by atoms with van der Waals surface area (Å²) in [4.78, 5) is 42.7. The van der Waals surface area contributed by atoms with Crippen molar-refractivity contribution in [3.05, 3.63) is 18.0 Å². The van der Waals surface area contributed by atoms with Crippen molar-refractivity contribution >= 4 is 17.8 Å². The number of rotatable bonds is 13. The number of amides is 1. The standard InChI is InChI=1S/C27H42N2O9/c1-7-35-16-22(30)38-25-21(34-6)11-13-28-23(25)26(31)29-20-10-8-9-19(12-14-33-5)24(36-15-17(2)3)18(4)37-27(20)32/h11,13,17-20,24H,7-10,12,14-16H2,1-6H3,(H,29,31)/t18-,19+,20-,24-/m0/s1. The Kier molecular flexibility index (Phi) is 13.5. The Morgan fingerprint density at radius 2 is 2.00 bits per heavy atom. The number of esters is 2. The van der Waals surface area contributed by atoms with Gasteiger partial charge >= 0.3 is 11.9 Å². The van der Waals surface area contributed by atoms with Crippen molar-refractivity contribution < 1.29 is 42.8 Å². The number of aromatic nitrogens is 1. The second-order valence-electron chi connectivity index (χ2n) is 9.63.